The molecule has 2 heterocycles. The minimum atomic E-state index is -0.302. The molecule has 1 aromatic heterocycles. The van der Waals surface area contributed by atoms with E-state index in [4.69, 9.17) is 0 Å². The van der Waals surface area contributed by atoms with E-state index in [1.54, 1.807) is 6.07 Å². The van der Waals surface area contributed by atoms with E-state index in [0.29, 0.717) is 11.6 Å². The van der Waals surface area contributed by atoms with Gasteiger partial charge in [0.05, 0.1) is 0 Å². The number of hydrogen-bond acceptors (Lipinski definition) is 4. The van der Waals surface area contributed by atoms with Gasteiger partial charge in [0.25, 0.3) is 5.91 Å². The Morgan fingerprint density at radius 2 is 1.96 bits per heavy atom. The van der Waals surface area contributed by atoms with Gasteiger partial charge in [-0.25, -0.2) is 9.97 Å². The number of carbonyl (C=O) groups is 1. The van der Waals surface area contributed by atoms with Crippen molar-refractivity contribution in [2.24, 2.45) is 0 Å². The summed E-state index contributed by atoms with van der Waals surface area (Å²) in [5.41, 5.74) is 3.30. The maximum atomic E-state index is 12.5. The largest absolute Gasteiger partial charge is 0.346 e. The summed E-state index contributed by atoms with van der Waals surface area (Å²) >= 11 is 0. The standard InChI is InChI=1S/C19H24N4O/c1-12-10-15(17(24)22-19(3,4)5)21-18(20-12)23-13(2)11-14-8-6-7-9-16(14)23/h6-10,13H,11H2,1-5H3,(H,22,24). The zero-order valence-corrected chi connectivity index (χ0v) is 14.9. The number of para-hydroxylation sites is 1. The monoisotopic (exact) mass is 324 g/mol. The van der Waals surface area contributed by atoms with Crippen LogP contribution in [0.25, 0.3) is 0 Å². The molecule has 0 radical (unpaired) electrons. The second-order valence-corrected chi connectivity index (χ2v) is 7.45. The fraction of sp³-hybridized carbons (Fsp3) is 0.421. The normalized spacial score (nSPS) is 16.9. The lowest BCUT2D eigenvalue weighted by atomic mass is 10.1. The van der Waals surface area contributed by atoms with Gasteiger partial charge in [-0.15, -0.1) is 0 Å². The Morgan fingerprint density at radius 3 is 2.67 bits per heavy atom. The molecule has 0 saturated heterocycles. The second-order valence-electron chi connectivity index (χ2n) is 7.45. The van der Waals surface area contributed by atoms with Crippen LogP contribution in [0.1, 0.15) is 49.4 Å². The fourth-order valence-electron chi connectivity index (χ4n) is 3.05. The molecule has 0 bridgehead atoms. The van der Waals surface area contributed by atoms with Crippen molar-refractivity contribution in [3.8, 4) is 0 Å². The van der Waals surface area contributed by atoms with E-state index in [1.807, 2.05) is 39.8 Å². The molecule has 1 unspecified atom stereocenters. The van der Waals surface area contributed by atoms with E-state index in [2.05, 4.69) is 39.2 Å². The smallest absolute Gasteiger partial charge is 0.270 e. The van der Waals surface area contributed by atoms with Gasteiger partial charge in [0, 0.05) is 23.0 Å². The molecular weight excluding hydrogens is 300 g/mol. The summed E-state index contributed by atoms with van der Waals surface area (Å²) in [5, 5.41) is 2.96. The number of nitrogens with one attached hydrogen (secondary N) is 1. The molecule has 1 aliphatic rings. The van der Waals surface area contributed by atoms with Crippen molar-refractivity contribution in [3.63, 3.8) is 0 Å². The Hall–Kier alpha value is -2.43. The molecule has 0 fully saturated rings. The molecule has 5 nitrogen and oxygen atoms in total. The van der Waals surface area contributed by atoms with Crippen LogP contribution in [-0.2, 0) is 6.42 Å². The number of aromatic nitrogens is 2. The van der Waals surface area contributed by atoms with Crippen LogP contribution in [0, 0.1) is 6.92 Å². The maximum absolute atomic E-state index is 12.5. The van der Waals surface area contributed by atoms with Crippen LogP contribution >= 0.6 is 0 Å². The fourth-order valence-corrected chi connectivity index (χ4v) is 3.05. The van der Waals surface area contributed by atoms with Crippen LogP contribution < -0.4 is 10.2 Å². The van der Waals surface area contributed by atoms with Crippen LogP contribution in [0.2, 0.25) is 0 Å². The third-order valence-corrected chi connectivity index (χ3v) is 3.99. The van der Waals surface area contributed by atoms with Gasteiger partial charge >= 0.3 is 0 Å². The van der Waals surface area contributed by atoms with Crippen LogP contribution in [0.3, 0.4) is 0 Å². The second kappa shape index (κ2) is 5.89. The molecule has 1 amide bonds. The molecule has 1 N–H and O–H groups in total. The Bertz CT molecular complexity index is 779. The molecule has 2 aromatic rings. The lowest BCUT2D eigenvalue weighted by Gasteiger charge is -2.24. The van der Waals surface area contributed by atoms with Gasteiger partial charge in [-0.3, -0.25) is 4.79 Å². The lowest BCUT2D eigenvalue weighted by molar-refractivity contribution is 0.0914. The molecule has 1 aromatic carbocycles. The van der Waals surface area contributed by atoms with Crippen molar-refractivity contribution < 1.29 is 4.79 Å². The van der Waals surface area contributed by atoms with E-state index >= 15 is 0 Å². The summed E-state index contributed by atoms with van der Waals surface area (Å²) in [6.07, 6.45) is 0.955. The van der Waals surface area contributed by atoms with E-state index in [1.165, 1.54) is 5.56 Å². The highest BCUT2D eigenvalue weighted by atomic mass is 16.2. The minimum Gasteiger partial charge on any atom is -0.346 e. The first kappa shape index (κ1) is 16.4. The van der Waals surface area contributed by atoms with Gasteiger partial charge in [0.1, 0.15) is 5.69 Å². The Kier molecular flexibility index (Phi) is 4.03. The van der Waals surface area contributed by atoms with Gasteiger partial charge in [-0.05, 0) is 58.7 Å². The van der Waals surface area contributed by atoms with Gasteiger partial charge in [-0.2, -0.15) is 0 Å². The number of benzene rings is 1. The Balaban J connectivity index is 1.99. The zero-order chi connectivity index (χ0) is 17.5. The average molecular weight is 324 g/mol. The third-order valence-electron chi connectivity index (χ3n) is 3.99. The minimum absolute atomic E-state index is 0.172. The number of rotatable bonds is 2. The number of amides is 1. The van der Waals surface area contributed by atoms with Gasteiger partial charge in [0.15, 0.2) is 0 Å². The molecule has 24 heavy (non-hydrogen) atoms. The van der Waals surface area contributed by atoms with Crippen molar-refractivity contribution in [2.45, 2.75) is 52.6 Å². The van der Waals surface area contributed by atoms with Crippen LogP contribution in [0.4, 0.5) is 11.6 Å². The number of anilines is 2. The number of hydrogen-bond donors (Lipinski definition) is 1. The van der Waals surface area contributed by atoms with Crippen molar-refractivity contribution in [1.82, 2.24) is 15.3 Å². The summed E-state index contributed by atoms with van der Waals surface area (Å²) in [4.78, 5) is 23.7. The molecule has 0 spiro atoms. The molecule has 0 aliphatic carbocycles. The summed E-state index contributed by atoms with van der Waals surface area (Å²) < 4.78 is 0. The first-order valence-corrected chi connectivity index (χ1v) is 8.30. The van der Waals surface area contributed by atoms with Crippen LogP contribution in [0.5, 0.6) is 0 Å². The zero-order valence-electron chi connectivity index (χ0n) is 14.9. The van der Waals surface area contributed by atoms with Crippen molar-refractivity contribution in [3.05, 3.63) is 47.3 Å². The van der Waals surface area contributed by atoms with E-state index in [9.17, 15) is 4.79 Å². The lowest BCUT2D eigenvalue weighted by Crippen LogP contribution is -2.41. The van der Waals surface area contributed by atoms with E-state index in [0.717, 1.165) is 17.8 Å². The Morgan fingerprint density at radius 1 is 1.25 bits per heavy atom. The topological polar surface area (TPSA) is 58.1 Å². The number of aryl methyl sites for hydroxylation is 1. The first-order valence-electron chi connectivity index (χ1n) is 8.30. The van der Waals surface area contributed by atoms with Crippen molar-refractivity contribution >= 4 is 17.5 Å². The predicted molar refractivity (Wildman–Crippen MR) is 95.7 cm³/mol. The first-order chi connectivity index (χ1) is 11.2. The molecule has 3 rings (SSSR count). The maximum Gasteiger partial charge on any atom is 0.270 e. The van der Waals surface area contributed by atoms with Crippen molar-refractivity contribution in [2.75, 3.05) is 4.90 Å². The summed E-state index contributed by atoms with van der Waals surface area (Å²) in [6.45, 7) is 9.92. The van der Waals surface area contributed by atoms with Crippen LogP contribution in [0.15, 0.2) is 30.3 Å². The van der Waals surface area contributed by atoms with E-state index in [-0.39, 0.29) is 17.5 Å². The number of nitrogens with zero attached hydrogens (tertiary/aromatic N) is 3. The molecule has 1 atom stereocenters. The van der Waals surface area contributed by atoms with Crippen LogP contribution in [-0.4, -0.2) is 27.5 Å². The van der Waals surface area contributed by atoms with Gasteiger partial charge in [-0.1, -0.05) is 18.2 Å². The highest BCUT2D eigenvalue weighted by Gasteiger charge is 2.29. The number of fused-ring (bicyclic) bond motifs is 1. The van der Waals surface area contributed by atoms with E-state index < -0.39 is 0 Å². The summed E-state index contributed by atoms with van der Waals surface area (Å²) in [7, 11) is 0. The molecule has 1 aliphatic heterocycles. The molecule has 126 valence electrons. The van der Waals surface area contributed by atoms with Gasteiger partial charge < -0.3 is 10.2 Å². The SMILES string of the molecule is Cc1cc(C(=O)NC(C)(C)C)nc(N2c3ccccc3CC2C)n1. The average Bonchev–Trinajstić information content (AvgIpc) is 2.80. The van der Waals surface area contributed by atoms with Gasteiger partial charge in [0.2, 0.25) is 5.95 Å². The number of carbonyl (C=O) groups excluding carboxylic acids is 1. The van der Waals surface area contributed by atoms with Crippen molar-refractivity contribution in [1.29, 1.82) is 0 Å². The third kappa shape index (κ3) is 3.25. The summed E-state index contributed by atoms with van der Waals surface area (Å²) in [6, 6.07) is 10.3. The Labute approximate surface area is 143 Å². The predicted octanol–water partition coefficient (Wildman–Crippen LogP) is 3.40. The summed E-state index contributed by atoms with van der Waals surface area (Å²) in [5.74, 6) is 0.417. The molecule has 5 heteroatoms. The highest BCUT2D eigenvalue weighted by molar-refractivity contribution is 5.93. The highest BCUT2D eigenvalue weighted by Crippen LogP contribution is 2.36. The quantitative estimate of drug-likeness (QED) is 0.920. The molecular formula is C19H24N4O. The molecule has 0 saturated carbocycles.